The summed E-state index contributed by atoms with van der Waals surface area (Å²) in [6.45, 7) is 2.28. The van der Waals surface area contributed by atoms with Crippen LogP contribution >= 0.6 is 0 Å². The van der Waals surface area contributed by atoms with Crippen LogP contribution in [0.3, 0.4) is 0 Å². The summed E-state index contributed by atoms with van der Waals surface area (Å²) in [5, 5.41) is 9.48. The highest BCUT2D eigenvalue weighted by molar-refractivity contribution is 5.40. The van der Waals surface area contributed by atoms with Gasteiger partial charge in [0.05, 0.1) is 13.2 Å². The van der Waals surface area contributed by atoms with E-state index >= 15 is 0 Å². The molecule has 0 aromatic heterocycles. The first-order valence-electron chi connectivity index (χ1n) is 4.69. The molecular formula is C11H17NO2. The highest BCUT2D eigenvalue weighted by Crippen LogP contribution is 2.22. The highest BCUT2D eigenvalue weighted by Gasteiger charge is 2.10. The smallest absolute Gasteiger partial charge is 0.122 e. The Labute approximate surface area is 84.5 Å². The van der Waals surface area contributed by atoms with Gasteiger partial charge in [-0.2, -0.15) is 0 Å². The van der Waals surface area contributed by atoms with Crippen molar-refractivity contribution in [3.8, 4) is 5.75 Å². The van der Waals surface area contributed by atoms with E-state index in [1.807, 2.05) is 25.1 Å². The van der Waals surface area contributed by atoms with Gasteiger partial charge in [-0.15, -0.1) is 0 Å². The van der Waals surface area contributed by atoms with E-state index in [2.05, 4.69) is 0 Å². The molecule has 1 unspecified atom stereocenters. The number of ether oxygens (including phenoxy) is 1. The van der Waals surface area contributed by atoms with Crippen LogP contribution in [-0.4, -0.2) is 24.9 Å². The fraction of sp³-hybridized carbons (Fsp3) is 0.455. The van der Waals surface area contributed by atoms with Crippen molar-refractivity contribution in [3.05, 3.63) is 29.3 Å². The van der Waals surface area contributed by atoms with E-state index in [1.54, 1.807) is 7.11 Å². The molecule has 0 aliphatic heterocycles. The predicted octanol–water partition coefficient (Wildman–Crippen LogP) is 0.866. The lowest BCUT2D eigenvalue weighted by Crippen LogP contribution is -2.22. The van der Waals surface area contributed by atoms with Gasteiger partial charge < -0.3 is 15.6 Å². The average Bonchev–Trinajstić information content (AvgIpc) is 2.20. The molecule has 1 atom stereocenters. The fourth-order valence-electron chi connectivity index (χ4n) is 1.45. The zero-order valence-electron chi connectivity index (χ0n) is 8.66. The van der Waals surface area contributed by atoms with Crippen molar-refractivity contribution in [2.75, 3.05) is 13.7 Å². The van der Waals surface area contributed by atoms with Gasteiger partial charge in [-0.1, -0.05) is 12.1 Å². The zero-order valence-corrected chi connectivity index (χ0v) is 8.66. The molecule has 3 heteroatoms. The third kappa shape index (κ3) is 2.47. The Morgan fingerprint density at radius 2 is 2.21 bits per heavy atom. The van der Waals surface area contributed by atoms with E-state index in [4.69, 9.17) is 10.5 Å². The molecule has 0 heterocycles. The Morgan fingerprint density at radius 3 is 2.79 bits per heavy atom. The predicted molar refractivity (Wildman–Crippen MR) is 56.5 cm³/mol. The zero-order chi connectivity index (χ0) is 10.6. The van der Waals surface area contributed by atoms with Crippen molar-refractivity contribution in [1.82, 2.24) is 0 Å². The van der Waals surface area contributed by atoms with E-state index in [1.165, 1.54) is 0 Å². The maximum atomic E-state index is 9.48. The van der Waals surface area contributed by atoms with Crippen molar-refractivity contribution in [3.63, 3.8) is 0 Å². The van der Waals surface area contributed by atoms with Crippen LogP contribution in [0.25, 0.3) is 0 Å². The van der Waals surface area contributed by atoms with Crippen molar-refractivity contribution < 1.29 is 9.84 Å². The first-order chi connectivity index (χ1) is 6.69. The molecule has 0 aliphatic rings. The maximum absolute atomic E-state index is 9.48. The highest BCUT2D eigenvalue weighted by atomic mass is 16.5. The molecule has 0 bridgehead atoms. The lowest BCUT2D eigenvalue weighted by Gasteiger charge is -2.14. The minimum Gasteiger partial charge on any atom is -0.496 e. The first kappa shape index (κ1) is 11.0. The lowest BCUT2D eigenvalue weighted by atomic mass is 10.0. The number of nitrogens with two attached hydrogens (primary N) is 1. The van der Waals surface area contributed by atoms with E-state index in [0.717, 1.165) is 16.9 Å². The molecule has 78 valence electrons. The Morgan fingerprint density at radius 1 is 1.50 bits per heavy atom. The number of rotatable bonds is 4. The number of hydrogen-bond acceptors (Lipinski definition) is 3. The Bertz CT molecular complexity index is 299. The maximum Gasteiger partial charge on any atom is 0.122 e. The van der Waals surface area contributed by atoms with Gasteiger partial charge in [-0.25, -0.2) is 0 Å². The molecule has 0 aliphatic carbocycles. The molecule has 0 radical (unpaired) electrons. The van der Waals surface area contributed by atoms with Gasteiger partial charge in [0, 0.05) is 13.0 Å². The third-order valence-corrected chi connectivity index (χ3v) is 2.30. The number of hydrogen-bond donors (Lipinski definition) is 2. The molecule has 1 rings (SSSR count). The fourth-order valence-corrected chi connectivity index (χ4v) is 1.45. The number of aryl methyl sites for hydroxylation is 1. The second-order valence-electron chi connectivity index (χ2n) is 3.35. The molecule has 1 aromatic carbocycles. The van der Waals surface area contributed by atoms with Crippen LogP contribution in [0.5, 0.6) is 5.75 Å². The molecule has 1 aromatic rings. The normalized spacial score (nSPS) is 12.6. The van der Waals surface area contributed by atoms with Gasteiger partial charge in [0.2, 0.25) is 0 Å². The Kier molecular flexibility index (Phi) is 3.92. The Balaban J connectivity index is 2.92. The van der Waals surface area contributed by atoms with Crippen LogP contribution in [0.2, 0.25) is 0 Å². The molecular weight excluding hydrogens is 178 g/mol. The molecule has 0 fully saturated rings. The van der Waals surface area contributed by atoms with Gasteiger partial charge in [-0.3, -0.25) is 0 Å². The summed E-state index contributed by atoms with van der Waals surface area (Å²) in [6, 6.07) is 5.83. The lowest BCUT2D eigenvalue weighted by molar-refractivity contribution is 0.182. The summed E-state index contributed by atoms with van der Waals surface area (Å²) < 4.78 is 5.22. The molecule has 3 nitrogen and oxygen atoms in total. The van der Waals surface area contributed by atoms with Gasteiger partial charge in [0.15, 0.2) is 0 Å². The minimum absolute atomic E-state index is 0.275. The SMILES string of the molecule is COc1cccc(C)c1CC(O)CN. The summed E-state index contributed by atoms with van der Waals surface area (Å²) in [7, 11) is 1.63. The van der Waals surface area contributed by atoms with E-state index < -0.39 is 6.10 Å². The molecule has 0 spiro atoms. The van der Waals surface area contributed by atoms with Gasteiger partial charge in [0.25, 0.3) is 0 Å². The summed E-state index contributed by atoms with van der Waals surface area (Å²) in [5.41, 5.74) is 7.53. The Hall–Kier alpha value is -1.06. The quantitative estimate of drug-likeness (QED) is 0.749. The molecule has 0 amide bonds. The second kappa shape index (κ2) is 4.98. The third-order valence-electron chi connectivity index (χ3n) is 2.30. The number of aliphatic hydroxyl groups excluding tert-OH is 1. The van der Waals surface area contributed by atoms with Crippen LogP contribution in [0.15, 0.2) is 18.2 Å². The summed E-state index contributed by atoms with van der Waals surface area (Å²) in [4.78, 5) is 0. The minimum atomic E-state index is -0.495. The number of benzene rings is 1. The first-order valence-corrected chi connectivity index (χ1v) is 4.69. The van der Waals surface area contributed by atoms with E-state index in [9.17, 15) is 5.11 Å². The van der Waals surface area contributed by atoms with Crippen LogP contribution in [0.1, 0.15) is 11.1 Å². The topological polar surface area (TPSA) is 55.5 Å². The van der Waals surface area contributed by atoms with Crippen molar-refractivity contribution in [2.45, 2.75) is 19.4 Å². The molecule has 3 N–H and O–H groups in total. The summed E-state index contributed by atoms with van der Waals surface area (Å²) in [5.74, 6) is 0.817. The molecule has 0 saturated carbocycles. The van der Waals surface area contributed by atoms with Gasteiger partial charge in [0.1, 0.15) is 5.75 Å². The summed E-state index contributed by atoms with van der Waals surface area (Å²) in [6.07, 6.45) is 0.0526. The second-order valence-corrected chi connectivity index (χ2v) is 3.35. The van der Waals surface area contributed by atoms with Gasteiger partial charge >= 0.3 is 0 Å². The molecule has 0 saturated heterocycles. The van der Waals surface area contributed by atoms with Gasteiger partial charge in [-0.05, 0) is 24.1 Å². The average molecular weight is 195 g/mol. The van der Waals surface area contributed by atoms with Crippen LogP contribution in [-0.2, 0) is 6.42 Å². The largest absolute Gasteiger partial charge is 0.496 e. The van der Waals surface area contributed by atoms with Crippen LogP contribution in [0, 0.1) is 6.92 Å². The summed E-state index contributed by atoms with van der Waals surface area (Å²) >= 11 is 0. The van der Waals surface area contributed by atoms with E-state index in [0.29, 0.717) is 6.42 Å². The number of methoxy groups -OCH3 is 1. The standard InChI is InChI=1S/C11H17NO2/c1-8-4-3-5-11(14-2)10(8)6-9(13)7-12/h3-5,9,13H,6-7,12H2,1-2H3. The van der Waals surface area contributed by atoms with Crippen molar-refractivity contribution >= 4 is 0 Å². The van der Waals surface area contributed by atoms with Crippen molar-refractivity contribution in [1.29, 1.82) is 0 Å². The van der Waals surface area contributed by atoms with Crippen LogP contribution in [0.4, 0.5) is 0 Å². The molecule has 14 heavy (non-hydrogen) atoms. The van der Waals surface area contributed by atoms with Crippen molar-refractivity contribution in [2.24, 2.45) is 5.73 Å². The van der Waals surface area contributed by atoms with E-state index in [-0.39, 0.29) is 6.54 Å². The van der Waals surface area contributed by atoms with Crippen LogP contribution < -0.4 is 10.5 Å². The monoisotopic (exact) mass is 195 g/mol. The number of aliphatic hydroxyl groups is 1.